The quantitative estimate of drug-likeness (QED) is 0.852. The molecule has 1 aromatic carbocycles. The lowest BCUT2D eigenvalue weighted by atomic mass is 10.1. The monoisotopic (exact) mass is 266 g/mol. The molecule has 0 saturated heterocycles. The van der Waals surface area contributed by atoms with Crippen LogP contribution in [0.3, 0.4) is 0 Å². The first kappa shape index (κ1) is 13.2. The van der Waals surface area contributed by atoms with Crippen LogP contribution >= 0.6 is 23.2 Å². The molecule has 1 N–H and O–H groups in total. The molecular formula is C10H9Cl2FO3. The third-order valence-electron chi connectivity index (χ3n) is 1.83. The van der Waals surface area contributed by atoms with Gasteiger partial charge < -0.3 is 9.84 Å². The van der Waals surface area contributed by atoms with E-state index in [1.165, 1.54) is 19.1 Å². The molecule has 0 amide bonds. The Bertz CT molecular complexity index is 407. The van der Waals surface area contributed by atoms with Gasteiger partial charge in [0.2, 0.25) is 0 Å². The molecule has 3 nitrogen and oxygen atoms in total. The standard InChI is InChI=1S/C10H9Cl2FO3/c1-10(15,9(12)14)5-16-6-2-3-7(11)8(13)4-6/h2-4,15H,5H2,1H3/t10-/m1/s1. The van der Waals surface area contributed by atoms with Crippen LogP contribution in [0.25, 0.3) is 0 Å². The maximum atomic E-state index is 13.0. The number of hydrogen-bond donors (Lipinski definition) is 1. The fourth-order valence-electron chi connectivity index (χ4n) is 0.847. The van der Waals surface area contributed by atoms with Gasteiger partial charge in [0, 0.05) is 6.07 Å². The van der Waals surface area contributed by atoms with Crippen molar-refractivity contribution in [3.8, 4) is 5.75 Å². The number of carbonyl (C=O) groups excluding carboxylic acids is 1. The van der Waals surface area contributed by atoms with Gasteiger partial charge in [-0.2, -0.15) is 0 Å². The fourth-order valence-corrected chi connectivity index (χ4v) is 1.02. The molecule has 0 heterocycles. The molecule has 0 fully saturated rings. The summed E-state index contributed by atoms with van der Waals surface area (Å²) in [4.78, 5) is 10.7. The molecule has 0 spiro atoms. The van der Waals surface area contributed by atoms with Gasteiger partial charge in [0.1, 0.15) is 18.2 Å². The molecule has 0 aromatic heterocycles. The summed E-state index contributed by atoms with van der Waals surface area (Å²) in [5.41, 5.74) is -1.81. The van der Waals surface area contributed by atoms with Crippen LogP contribution in [-0.4, -0.2) is 22.6 Å². The molecule has 6 heteroatoms. The summed E-state index contributed by atoms with van der Waals surface area (Å²) in [7, 11) is 0. The predicted molar refractivity (Wildman–Crippen MR) is 58.4 cm³/mol. The van der Waals surface area contributed by atoms with Crippen LogP contribution < -0.4 is 4.74 Å². The van der Waals surface area contributed by atoms with Crippen molar-refractivity contribution in [3.63, 3.8) is 0 Å². The number of benzene rings is 1. The van der Waals surface area contributed by atoms with Gasteiger partial charge in [-0.05, 0) is 30.7 Å². The van der Waals surface area contributed by atoms with Gasteiger partial charge in [-0.25, -0.2) is 4.39 Å². The lowest BCUT2D eigenvalue weighted by molar-refractivity contribution is -0.129. The maximum Gasteiger partial charge on any atom is 0.256 e. The summed E-state index contributed by atoms with van der Waals surface area (Å²) in [6.07, 6.45) is 0. The highest BCUT2D eigenvalue weighted by Gasteiger charge is 2.29. The van der Waals surface area contributed by atoms with Crippen molar-refractivity contribution in [2.45, 2.75) is 12.5 Å². The van der Waals surface area contributed by atoms with Crippen molar-refractivity contribution in [1.82, 2.24) is 0 Å². The molecule has 0 aliphatic carbocycles. The third-order valence-corrected chi connectivity index (χ3v) is 2.55. The largest absolute Gasteiger partial charge is 0.490 e. The molecule has 0 bridgehead atoms. The van der Waals surface area contributed by atoms with E-state index in [2.05, 4.69) is 0 Å². The van der Waals surface area contributed by atoms with Crippen LogP contribution in [0.15, 0.2) is 18.2 Å². The molecule has 0 unspecified atom stereocenters. The Morgan fingerprint density at radius 1 is 1.62 bits per heavy atom. The van der Waals surface area contributed by atoms with Crippen LogP contribution in [0, 0.1) is 5.82 Å². The second-order valence-electron chi connectivity index (χ2n) is 3.41. The average Bonchev–Trinajstić information content (AvgIpc) is 2.20. The zero-order valence-corrected chi connectivity index (χ0v) is 9.85. The van der Waals surface area contributed by atoms with Crippen molar-refractivity contribution >= 4 is 28.4 Å². The molecule has 0 saturated carbocycles. The predicted octanol–water partition coefficient (Wildman–Crippen LogP) is 2.37. The second-order valence-corrected chi connectivity index (χ2v) is 4.16. The highest BCUT2D eigenvalue weighted by Crippen LogP contribution is 2.21. The van der Waals surface area contributed by atoms with Crippen LogP contribution in [0.5, 0.6) is 5.75 Å². The zero-order valence-electron chi connectivity index (χ0n) is 8.34. The Morgan fingerprint density at radius 3 is 2.75 bits per heavy atom. The Labute approximate surface area is 102 Å². The summed E-state index contributed by atoms with van der Waals surface area (Å²) >= 11 is 10.6. The normalized spacial score (nSPS) is 14.3. The number of aliphatic hydroxyl groups is 1. The van der Waals surface area contributed by atoms with Gasteiger partial charge in [-0.1, -0.05) is 11.6 Å². The van der Waals surface area contributed by atoms with E-state index >= 15 is 0 Å². The molecule has 0 radical (unpaired) electrons. The highest BCUT2D eigenvalue weighted by atomic mass is 35.5. The average molecular weight is 267 g/mol. The van der Waals surface area contributed by atoms with E-state index < -0.39 is 16.7 Å². The van der Waals surface area contributed by atoms with E-state index in [1.807, 2.05) is 0 Å². The SMILES string of the molecule is C[C@@](O)(COc1ccc(Cl)c(F)c1)C(=O)Cl. The summed E-state index contributed by atoms with van der Waals surface area (Å²) in [5, 5.41) is 8.47. The first-order chi connectivity index (χ1) is 7.33. The van der Waals surface area contributed by atoms with E-state index in [9.17, 15) is 14.3 Å². The Kier molecular flexibility index (Phi) is 4.13. The van der Waals surface area contributed by atoms with Crippen molar-refractivity contribution in [2.24, 2.45) is 0 Å². The first-order valence-corrected chi connectivity index (χ1v) is 5.08. The van der Waals surface area contributed by atoms with E-state index in [-0.39, 0.29) is 17.4 Å². The van der Waals surface area contributed by atoms with Crippen molar-refractivity contribution in [3.05, 3.63) is 29.0 Å². The van der Waals surface area contributed by atoms with Crippen molar-refractivity contribution in [2.75, 3.05) is 6.61 Å². The number of hydrogen-bond acceptors (Lipinski definition) is 3. The van der Waals surface area contributed by atoms with E-state index in [4.69, 9.17) is 27.9 Å². The number of ether oxygens (including phenoxy) is 1. The van der Waals surface area contributed by atoms with Gasteiger partial charge in [-0.3, -0.25) is 4.79 Å². The summed E-state index contributed by atoms with van der Waals surface area (Å²) < 4.78 is 18.0. The van der Waals surface area contributed by atoms with Gasteiger partial charge in [0.25, 0.3) is 5.24 Å². The minimum atomic E-state index is -1.81. The van der Waals surface area contributed by atoms with Crippen LogP contribution in [0.4, 0.5) is 4.39 Å². The third kappa shape index (κ3) is 3.33. The first-order valence-electron chi connectivity index (χ1n) is 4.33. The topological polar surface area (TPSA) is 46.5 Å². The van der Waals surface area contributed by atoms with Crippen molar-refractivity contribution < 1.29 is 19.0 Å². The Hall–Kier alpha value is -0.840. The minimum Gasteiger partial charge on any atom is -0.490 e. The summed E-state index contributed by atoms with van der Waals surface area (Å²) in [6.45, 7) is 0.838. The smallest absolute Gasteiger partial charge is 0.256 e. The van der Waals surface area contributed by atoms with Gasteiger partial charge >= 0.3 is 0 Å². The molecule has 16 heavy (non-hydrogen) atoms. The molecular weight excluding hydrogens is 258 g/mol. The fraction of sp³-hybridized carbons (Fsp3) is 0.300. The number of carbonyl (C=O) groups is 1. The Morgan fingerprint density at radius 2 is 2.25 bits per heavy atom. The summed E-state index contributed by atoms with van der Waals surface area (Å²) in [5.74, 6) is -0.490. The molecule has 88 valence electrons. The highest BCUT2D eigenvalue weighted by molar-refractivity contribution is 6.65. The molecule has 1 rings (SSSR count). The lowest BCUT2D eigenvalue weighted by Crippen LogP contribution is -2.38. The number of halogens is 3. The van der Waals surface area contributed by atoms with E-state index in [1.54, 1.807) is 0 Å². The van der Waals surface area contributed by atoms with Crippen molar-refractivity contribution in [1.29, 1.82) is 0 Å². The van der Waals surface area contributed by atoms with Crippen LogP contribution in [0.2, 0.25) is 5.02 Å². The molecule has 1 aromatic rings. The second kappa shape index (κ2) is 4.99. The number of rotatable bonds is 4. The maximum absolute atomic E-state index is 13.0. The van der Waals surface area contributed by atoms with Crippen LogP contribution in [0.1, 0.15) is 6.92 Å². The van der Waals surface area contributed by atoms with Gasteiger partial charge in [-0.15, -0.1) is 0 Å². The van der Waals surface area contributed by atoms with Crippen LogP contribution in [-0.2, 0) is 4.79 Å². The summed E-state index contributed by atoms with van der Waals surface area (Å²) in [6, 6.07) is 3.78. The van der Waals surface area contributed by atoms with E-state index in [0.717, 1.165) is 6.07 Å². The Balaban J connectivity index is 2.68. The zero-order chi connectivity index (χ0) is 12.3. The minimum absolute atomic E-state index is 0.0347. The lowest BCUT2D eigenvalue weighted by Gasteiger charge is -2.18. The van der Waals surface area contributed by atoms with Gasteiger partial charge in [0.05, 0.1) is 5.02 Å². The van der Waals surface area contributed by atoms with E-state index in [0.29, 0.717) is 0 Å². The molecule has 0 aliphatic heterocycles. The van der Waals surface area contributed by atoms with Gasteiger partial charge in [0.15, 0.2) is 5.60 Å². The molecule has 0 aliphatic rings. The molecule has 1 atom stereocenters.